The van der Waals surface area contributed by atoms with Gasteiger partial charge < -0.3 is 10.1 Å². The minimum atomic E-state index is -4.80. The fourth-order valence-electron chi connectivity index (χ4n) is 1.11. The van der Waals surface area contributed by atoms with Crippen LogP contribution in [-0.4, -0.2) is 30.7 Å². The van der Waals surface area contributed by atoms with Crippen LogP contribution in [0.3, 0.4) is 0 Å². The number of nitrogens with one attached hydrogen (secondary N) is 1. The number of alkyl halides is 3. The van der Waals surface area contributed by atoms with Crippen molar-refractivity contribution >= 4 is 11.9 Å². The van der Waals surface area contributed by atoms with Crippen LogP contribution in [0.2, 0.25) is 0 Å². The number of terminal acetylenes is 1. The molecule has 0 saturated heterocycles. The van der Waals surface area contributed by atoms with E-state index in [0.29, 0.717) is 0 Å². The summed E-state index contributed by atoms with van der Waals surface area (Å²) in [6.45, 7) is 2.31. The van der Waals surface area contributed by atoms with Gasteiger partial charge in [0.1, 0.15) is 12.0 Å². The lowest BCUT2D eigenvalue weighted by molar-refractivity contribution is -0.179. The van der Waals surface area contributed by atoms with E-state index in [1.807, 2.05) is 5.32 Å². The number of hydrogen-bond acceptors (Lipinski definition) is 3. The van der Waals surface area contributed by atoms with Crippen molar-refractivity contribution in [3.05, 3.63) is 0 Å². The molecule has 0 aliphatic carbocycles. The fraction of sp³-hybridized carbons (Fsp3) is 0.600. The lowest BCUT2D eigenvalue weighted by Gasteiger charge is -2.23. The highest BCUT2D eigenvalue weighted by molar-refractivity contribution is 5.84. The van der Waals surface area contributed by atoms with Gasteiger partial charge in [0.05, 0.1) is 6.61 Å². The monoisotopic (exact) mass is 251 g/mol. The van der Waals surface area contributed by atoms with E-state index in [2.05, 4.69) is 4.74 Å². The molecule has 0 rings (SSSR count). The second-order valence-electron chi connectivity index (χ2n) is 3.12. The average molecular weight is 251 g/mol. The van der Waals surface area contributed by atoms with E-state index in [-0.39, 0.29) is 6.61 Å². The number of amides is 1. The predicted molar refractivity (Wildman–Crippen MR) is 52.6 cm³/mol. The minimum Gasteiger partial charge on any atom is -0.464 e. The van der Waals surface area contributed by atoms with Crippen LogP contribution in [0.5, 0.6) is 0 Å². The molecule has 1 unspecified atom stereocenters. The van der Waals surface area contributed by atoms with Crippen LogP contribution >= 0.6 is 0 Å². The van der Waals surface area contributed by atoms with Crippen LogP contribution in [-0.2, 0) is 14.3 Å². The number of ether oxygens (including phenoxy) is 1. The third-order valence-corrected chi connectivity index (χ3v) is 1.76. The molecule has 17 heavy (non-hydrogen) atoms. The Morgan fingerprint density at radius 1 is 1.47 bits per heavy atom. The first-order chi connectivity index (χ1) is 7.73. The highest BCUT2D eigenvalue weighted by Gasteiger charge is 2.47. The summed E-state index contributed by atoms with van der Waals surface area (Å²) in [6.07, 6.45) is -0.0566. The molecule has 0 aromatic heterocycles. The molecule has 0 spiro atoms. The standard InChI is InChI=1S/C10H12F3NO3/c1-4-7(10(11,12)13)8(14-6(3)15)9(16)17-5-2/h1,7-8H,5H2,2-3H3,(H,14,15)/t7?,8-/m0/s1. The maximum absolute atomic E-state index is 12.5. The van der Waals surface area contributed by atoms with Crippen LogP contribution in [0.25, 0.3) is 0 Å². The van der Waals surface area contributed by atoms with Gasteiger partial charge in [0.2, 0.25) is 5.91 Å². The summed E-state index contributed by atoms with van der Waals surface area (Å²) >= 11 is 0. The van der Waals surface area contributed by atoms with E-state index in [1.54, 1.807) is 0 Å². The molecule has 4 nitrogen and oxygen atoms in total. The van der Waals surface area contributed by atoms with Crippen molar-refractivity contribution in [1.82, 2.24) is 5.32 Å². The summed E-state index contributed by atoms with van der Waals surface area (Å²) < 4.78 is 42.0. The first kappa shape index (κ1) is 15.3. The Bertz CT molecular complexity index is 333. The highest BCUT2D eigenvalue weighted by Crippen LogP contribution is 2.28. The zero-order valence-electron chi connectivity index (χ0n) is 9.30. The molecule has 0 aliphatic heterocycles. The molecule has 0 heterocycles. The average Bonchev–Trinajstić information content (AvgIpc) is 2.14. The van der Waals surface area contributed by atoms with Gasteiger partial charge in [-0.25, -0.2) is 4.79 Å². The fourth-order valence-corrected chi connectivity index (χ4v) is 1.11. The smallest absolute Gasteiger partial charge is 0.404 e. The zero-order chi connectivity index (χ0) is 13.6. The van der Waals surface area contributed by atoms with Gasteiger partial charge in [0.15, 0.2) is 0 Å². The first-order valence-electron chi connectivity index (χ1n) is 4.70. The van der Waals surface area contributed by atoms with Gasteiger partial charge in [-0.15, -0.1) is 6.42 Å². The molecule has 0 bridgehead atoms. The van der Waals surface area contributed by atoms with Gasteiger partial charge in [0.25, 0.3) is 0 Å². The Morgan fingerprint density at radius 2 is 2.00 bits per heavy atom. The third kappa shape index (κ3) is 4.76. The predicted octanol–water partition coefficient (Wildman–Crippen LogP) is 0.866. The van der Waals surface area contributed by atoms with Crippen molar-refractivity contribution in [2.45, 2.75) is 26.1 Å². The SMILES string of the molecule is C#CC([C@H](NC(C)=O)C(=O)OCC)C(F)(F)F. The van der Waals surface area contributed by atoms with Gasteiger partial charge in [0, 0.05) is 6.92 Å². The van der Waals surface area contributed by atoms with E-state index < -0.39 is 30.0 Å². The topological polar surface area (TPSA) is 55.4 Å². The number of hydrogen-bond donors (Lipinski definition) is 1. The van der Waals surface area contributed by atoms with Crippen molar-refractivity contribution in [3.63, 3.8) is 0 Å². The molecule has 0 aromatic rings. The van der Waals surface area contributed by atoms with Gasteiger partial charge in [-0.1, -0.05) is 5.92 Å². The van der Waals surface area contributed by atoms with Crippen molar-refractivity contribution in [2.24, 2.45) is 5.92 Å². The van der Waals surface area contributed by atoms with Gasteiger partial charge in [-0.3, -0.25) is 4.79 Å². The summed E-state index contributed by atoms with van der Waals surface area (Å²) in [6, 6.07) is -1.92. The van der Waals surface area contributed by atoms with Crippen molar-refractivity contribution in [3.8, 4) is 12.3 Å². The van der Waals surface area contributed by atoms with Crippen LogP contribution in [0.4, 0.5) is 13.2 Å². The van der Waals surface area contributed by atoms with Gasteiger partial charge in [-0.05, 0) is 6.92 Å². The molecule has 7 heteroatoms. The highest BCUT2D eigenvalue weighted by atomic mass is 19.4. The van der Waals surface area contributed by atoms with Crippen LogP contribution in [0, 0.1) is 18.3 Å². The Kier molecular flexibility index (Phi) is 5.51. The molecular weight excluding hydrogens is 239 g/mol. The molecule has 1 amide bonds. The second-order valence-corrected chi connectivity index (χ2v) is 3.12. The third-order valence-electron chi connectivity index (χ3n) is 1.76. The minimum absolute atomic E-state index is 0.107. The van der Waals surface area contributed by atoms with Crippen LogP contribution in [0.1, 0.15) is 13.8 Å². The maximum Gasteiger partial charge on any atom is 0.404 e. The van der Waals surface area contributed by atoms with E-state index in [1.165, 1.54) is 12.8 Å². The normalized spacial score (nSPS) is 14.4. The number of halogens is 3. The lowest BCUT2D eigenvalue weighted by Crippen LogP contribution is -2.50. The van der Waals surface area contributed by atoms with E-state index in [9.17, 15) is 22.8 Å². The molecular formula is C10H12F3NO3. The van der Waals surface area contributed by atoms with Crippen molar-refractivity contribution in [2.75, 3.05) is 6.61 Å². The van der Waals surface area contributed by atoms with E-state index >= 15 is 0 Å². The van der Waals surface area contributed by atoms with Gasteiger partial charge in [-0.2, -0.15) is 13.2 Å². The van der Waals surface area contributed by atoms with E-state index in [0.717, 1.165) is 6.92 Å². The molecule has 0 fully saturated rings. The van der Waals surface area contributed by atoms with Crippen molar-refractivity contribution < 1.29 is 27.5 Å². The Morgan fingerprint density at radius 3 is 2.29 bits per heavy atom. The number of carbonyl (C=O) groups excluding carboxylic acids is 2. The van der Waals surface area contributed by atoms with E-state index in [4.69, 9.17) is 6.42 Å². The number of carbonyl (C=O) groups is 2. The summed E-state index contributed by atoms with van der Waals surface area (Å²) in [5.41, 5.74) is 0. The molecule has 0 aromatic carbocycles. The Labute approximate surface area is 96.5 Å². The Hall–Kier alpha value is -1.71. The van der Waals surface area contributed by atoms with Crippen molar-refractivity contribution in [1.29, 1.82) is 0 Å². The summed E-state index contributed by atoms with van der Waals surface area (Å²) in [4.78, 5) is 22.0. The quantitative estimate of drug-likeness (QED) is 0.595. The molecule has 0 saturated carbocycles. The number of esters is 1. The first-order valence-corrected chi connectivity index (χ1v) is 4.70. The summed E-state index contributed by atoms with van der Waals surface area (Å²) in [5.74, 6) is -2.97. The summed E-state index contributed by atoms with van der Waals surface area (Å²) in [7, 11) is 0. The zero-order valence-corrected chi connectivity index (χ0v) is 9.30. The largest absolute Gasteiger partial charge is 0.464 e. The molecule has 96 valence electrons. The van der Waals surface area contributed by atoms with Crippen LogP contribution < -0.4 is 5.32 Å². The van der Waals surface area contributed by atoms with Crippen LogP contribution in [0.15, 0.2) is 0 Å². The lowest BCUT2D eigenvalue weighted by atomic mass is 10.00. The molecule has 2 atom stereocenters. The second kappa shape index (κ2) is 6.13. The number of rotatable bonds is 4. The summed E-state index contributed by atoms with van der Waals surface area (Å²) in [5, 5.41) is 1.85. The maximum atomic E-state index is 12.5. The van der Waals surface area contributed by atoms with Gasteiger partial charge >= 0.3 is 12.1 Å². The molecule has 0 aliphatic rings. The molecule has 0 radical (unpaired) electrons. The molecule has 1 N–H and O–H groups in total. The Balaban J connectivity index is 5.09.